The van der Waals surface area contributed by atoms with Gasteiger partial charge in [0.25, 0.3) is 0 Å². The molecule has 2 heterocycles. The zero-order valence-corrected chi connectivity index (χ0v) is 13.8. The van der Waals surface area contributed by atoms with Crippen LogP contribution in [0.2, 0.25) is 0 Å². The van der Waals surface area contributed by atoms with Crippen LogP contribution in [0, 0.1) is 0 Å². The average Bonchev–Trinajstić information content (AvgIpc) is 2.96. The van der Waals surface area contributed by atoms with Gasteiger partial charge in [0.2, 0.25) is 0 Å². The standard InChI is InChI=1S/C13H17N5O5S/c1-22-10-2-3-12-11(8-10)15-16-18(12)9-4-6-17(7-5-9)24(20,21)23-13(14)19/h2-3,8-9H,4-7H2,1H3,(H2,14,19). The van der Waals surface area contributed by atoms with E-state index in [1.807, 2.05) is 12.1 Å². The van der Waals surface area contributed by atoms with Gasteiger partial charge in [0.1, 0.15) is 11.3 Å². The fourth-order valence-corrected chi connectivity index (χ4v) is 3.76. The summed E-state index contributed by atoms with van der Waals surface area (Å²) in [6.45, 7) is 0.412. The summed E-state index contributed by atoms with van der Waals surface area (Å²) in [5.41, 5.74) is 6.34. The third kappa shape index (κ3) is 3.12. The third-order valence-corrected chi connectivity index (χ3v) is 5.32. The first-order valence-electron chi connectivity index (χ1n) is 7.28. The summed E-state index contributed by atoms with van der Waals surface area (Å²) in [5, 5.41) is 8.29. The van der Waals surface area contributed by atoms with Crippen LogP contribution < -0.4 is 10.5 Å². The maximum absolute atomic E-state index is 11.8. The summed E-state index contributed by atoms with van der Waals surface area (Å²) < 4.78 is 35.9. The highest BCUT2D eigenvalue weighted by Gasteiger charge is 2.32. The molecule has 24 heavy (non-hydrogen) atoms. The molecule has 10 nitrogen and oxygen atoms in total. The van der Waals surface area contributed by atoms with Crippen molar-refractivity contribution < 1.29 is 22.1 Å². The summed E-state index contributed by atoms with van der Waals surface area (Å²) in [6.07, 6.45) is -0.300. The van der Waals surface area contributed by atoms with Gasteiger partial charge in [0, 0.05) is 19.2 Å². The van der Waals surface area contributed by atoms with E-state index < -0.39 is 16.4 Å². The molecule has 0 spiro atoms. The Morgan fingerprint density at radius 2 is 2.04 bits per heavy atom. The molecular formula is C13H17N5O5S. The first kappa shape index (κ1) is 16.5. The van der Waals surface area contributed by atoms with Crippen molar-refractivity contribution in [2.24, 2.45) is 5.73 Å². The summed E-state index contributed by atoms with van der Waals surface area (Å²) in [7, 11) is -2.55. The second kappa shape index (κ2) is 6.24. The van der Waals surface area contributed by atoms with Crippen molar-refractivity contribution in [3.05, 3.63) is 18.2 Å². The van der Waals surface area contributed by atoms with E-state index in [4.69, 9.17) is 10.5 Å². The van der Waals surface area contributed by atoms with Gasteiger partial charge >= 0.3 is 16.4 Å². The molecule has 1 aliphatic heterocycles. The molecule has 1 aliphatic rings. The van der Waals surface area contributed by atoms with Crippen molar-refractivity contribution in [2.45, 2.75) is 18.9 Å². The van der Waals surface area contributed by atoms with E-state index in [2.05, 4.69) is 14.5 Å². The first-order chi connectivity index (χ1) is 11.4. The molecule has 1 amide bonds. The van der Waals surface area contributed by atoms with Crippen LogP contribution in [-0.2, 0) is 14.5 Å². The highest BCUT2D eigenvalue weighted by atomic mass is 32.2. The molecule has 2 aromatic rings. The number of benzene rings is 1. The van der Waals surface area contributed by atoms with Crippen molar-refractivity contribution in [1.82, 2.24) is 19.3 Å². The number of carbonyl (C=O) groups excluding carboxylic acids is 1. The van der Waals surface area contributed by atoms with Crippen molar-refractivity contribution in [3.63, 3.8) is 0 Å². The lowest BCUT2D eigenvalue weighted by Crippen LogP contribution is -2.41. The number of hydrogen-bond donors (Lipinski definition) is 1. The number of piperidine rings is 1. The maximum atomic E-state index is 11.8. The summed E-state index contributed by atoms with van der Waals surface area (Å²) in [6, 6.07) is 5.48. The number of primary amides is 1. The topological polar surface area (TPSA) is 130 Å². The normalized spacial score (nSPS) is 17.0. The Labute approximate surface area is 138 Å². The molecule has 0 unspecified atom stereocenters. The van der Waals surface area contributed by atoms with E-state index in [9.17, 15) is 13.2 Å². The van der Waals surface area contributed by atoms with Crippen molar-refractivity contribution >= 4 is 27.4 Å². The van der Waals surface area contributed by atoms with Crippen molar-refractivity contribution in [1.29, 1.82) is 0 Å². The Hall–Kier alpha value is -2.40. The molecule has 3 rings (SSSR count). The fourth-order valence-electron chi connectivity index (χ4n) is 2.79. The molecule has 130 valence electrons. The number of methoxy groups -OCH3 is 1. The Balaban J connectivity index is 1.74. The smallest absolute Gasteiger partial charge is 0.421 e. The number of carbonyl (C=O) groups is 1. The minimum Gasteiger partial charge on any atom is -0.497 e. The molecular weight excluding hydrogens is 338 g/mol. The largest absolute Gasteiger partial charge is 0.497 e. The number of aromatic nitrogens is 3. The molecule has 0 radical (unpaired) electrons. The van der Waals surface area contributed by atoms with Crippen LogP contribution in [0.15, 0.2) is 18.2 Å². The van der Waals surface area contributed by atoms with Gasteiger partial charge in [-0.1, -0.05) is 5.21 Å². The molecule has 1 aromatic carbocycles. The van der Waals surface area contributed by atoms with Gasteiger partial charge in [0.05, 0.1) is 18.7 Å². The van der Waals surface area contributed by atoms with Gasteiger partial charge in [-0.05, 0) is 25.0 Å². The first-order valence-corrected chi connectivity index (χ1v) is 8.65. The molecule has 0 bridgehead atoms. The van der Waals surface area contributed by atoms with Crippen molar-refractivity contribution in [2.75, 3.05) is 20.2 Å². The highest BCUT2D eigenvalue weighted by Crippen LogP contribution is 2.28. The van der Waals surface area contributed by atoms with Gasteiger partial charge in [-0.2, -0.15) is 12.7 Å². The number of rotatable bonds is 4. The number of ether oxygens (including phenoxy) is 1. The number of nitrogens with zero attached hydrogens (tertiary/aromatic N) is 4. The molecule has 1 fully saturated rings. The Bertz CT molecular complexity index is 857. The second-order valence-corrected chi connectivity index (χ2v) is 6.92. The summed E-state index contributed by atoms with van der Waals surface area (Å²) in [4.78, 5) is 10.7. The minimum absolute atomic E-state index is 0.00317. The van der Waals surface area contributed by atoms with Crippen molar-refractivity contribution in [3.8, 4) is 5.75 Å². The van der Waals surface area contributed by atoms with Gasteiger partial charge in [-0.25, -0.2) is 9.48 Å². The predicted octanol–water partition coefficient (Wildman–Crippen LogP) is 0.417. The van der Waals surface area contributed by atoms with Crippen LogP contribution >= 0.6 is 0 Å². The van der Waals surface area contributed by atoms with E-state index in [-0.39, 0.29) is 19.1 Å². The predicted molar refractivity (Wildman–Crippen MR) is 83.5 cm³/mol. The number of fused-ring (bicyclic) bond motifs is 1. The van der Waals surface area contributed by atoms with E-state index in [1.165, 1.54) is 0 Å². The minimum atomic E-state index is -4.13. The molecule has 1 saturated heterocycles. The van der Waals surface area contributed by atoms with Gasteiger partial charge in [-0.3, -0.25) is 0 Å². The van der Waals surface area contributed by atoms with Crippen LogP contribution in [0.1, 0.15) is 18.9 Å². The highest BCUT2D eigenvalue weighted by molar-refractivity contribution is 7.84. The van der Waals surface area contributed by atoms with Gasteiger partial charge < -0.3 is 14.7 Å². The zero-order valence-electron chi connectivity index (χ0n) is 13.0. The van der Waals surface area contributed by atoms with Crippen LogP contribution in [0.5, 0.6) is 5.75 Å². The average molecular weight is 355 g/mol. The lowest BCUT2D eigenvalue weighted by Gasteiger charge is -2.30. The molecule has 0 aliphatic carbocycles. The van der Waals surface area contributed by atoms with E-state index >= 15 is 0 Å². The lowest BCUT2D eigenvalue weighted by atomic mass is 10.1. The maximum Gasteiger partial charge on any atom is 0.421 e. The summed E-state index contributed by atoms with van der Waals surface area (Å²) >= 11 is 0. The lowest BCUT2D eigenvalue weighted by molar-refractivity contribution is 0.198. The van der Waals surface area contributed by atoms with Crippen LogP contribution in [0.3, 0.4) is 0 Å². The van der Waals surface area contributed by atoms with Crippen LogP contribution in [-0.4, -0.2) is 54.0 Å². The zero-order chi connectivity index (χ0) is 17.3. The second-order valence-electron chi connectivity index (χ2n) is 5.38. The SMILES string of the molecule is COc1ccc2c(c1)nnn2C1CCN(S(=O)(=O)OC(N)=O)CC1. The van der Waals surface area contributed by atoms with E-state index in [1.54, 1.807) is 17.9 Å². The molecule has 2 N–H and O–H groups in total. The number of hydrogen-bond acceptors (Lipinski definition) is 7. The number of amides is 1. The molecule has 0 saturated carbocycles. The van der Waals surface area contributed by atoms with Crippen LogP contribution in [0.4, 0.5) is 4.79 Å². The van der Waals surface area contributed by atoms with E-state index in [0.29, 0.717) is 24.1 Å². The Kier molecular flexibility index (Phi) is 4.28. The van der Waals surface area contributed by atoms with E-state index in [0.717, 1.165) is 9.82 Å². The number of nitrogens with two attached hydrogens (primary N) is 1. The fraction of sp³-hybridized carbons (Fsp3) is 0.462. The molecule has 0 atom stereocenters. The third-order valence-electron chi connectivity index (χ3n) is 3.95. The summed E-state index contributed by atoms with van der Waals surface area (Å²) in [5.74, 6) is 0.694. The Morgan fingerprint density at radius 1 is 1.33 bits per heavy atom. The molecule has 11 heteroatoms. The molecule has 1 aromatic heterocycles. The monoisotopic (exact) mass is 355 g/mol. The Morgan fingerprint density at radius 3 is 2.67 bits per heavy atom. The quantitative estimate of drug-likeness (QED) is 0.841. The van der Waals surface area contributed by atoms with Gasteiger partial charge in [0.15, 0.2) is 0 Å². The van der Waals surface area contributed by atoms with Crippen LogP contribution in [0.25, 0.3) is 11.0 Å². The van der Waals surface area contributed by atoms with Gasteiger partial charge in [-0.15, -0.1) is 5.10 Å².